The Kier molecular flexibility index (Phi) is 3.05. The highest BCUT2D eigenvalue weighted by Gasteiger charge is 2.35. The highest BCUT2D eigenvalue weighted by Crippen LogP contribution is 2.31. The largest absolute Gasteiger partial charge is 0.476 e. The van der Waals surface area contributed by atoms with Crippen LogP contribution >= 0.6 is 0 Å². The minimum atomic E-state index is -4.72. The van der Waals surface area contributed by atoms with Crippen LogP contribution < -0.4 is 0 Å². The van der Waals surface area contributed by atoms with Gasteiger partial charge in [-0.15, -0.1) is 0 Å². The Balaban J connectivity index is 2.31. The van der Waals surface area contributed by atoms with Crippen molar-refractivity contribution >= 4 is 11.6 Å². The second kappa shape index (κ2) is 4.79. The molecule has 0 unspecified atom stereocenters. The van der Waals surface area contributed by atoms with Crippen LogP contribution in [0.25, 0.3) is 17.0 Å². The monoisotopic (exact) mass is 308 g/mol. The van der Waals surface area contributed by atoms with Crippen molar-refractivity contribution in [1.82, 2.24) is 19.6 Å². The molecule has 0 fully saturated rings. The number of aromatic carboxylic acids is 1. The van der Waals surface area contributed by atoms with Gasteiger partial charge in [0.25, 0.3) is 0 Å². The van der Waals surface area contributed by atoms with Crippen LogP contribution in [-0.2, 0) is 6.18 Å². The number of hydrogen-bond donors (Lipinski definition) is 1. The quantitative estimate of drug-likeness (QED) is 0.786. The van der Waals surface area contributed by atoms with Crippen LogP contribution in [-0.4, -0.2) is 30.7 Å². The smallest absolute Gasteiger partial charge is 0.433 e. The molecule has 0 saturated heterocycles. The summed E-state index contributed by atoms with van der Waals surface area (Å²) >= 11 is 0. The van der Waals surface area contributed by atoms with E-state index in [0.717, 1.165) is 12.1 Å². The third kappa shape index (κ3) is 2.36. The lowest BCUT2D eigenvalue weighted by Gasteiger charge is -2.10. The molecule has 6 nitrogen and oxygen atoms in total. The predicted molar refractivity (Wildman–Crippen MR) is 68.2 cm³/mol. The van der Waals surface area contributed by atoms with Crippen LogP contribution in [0.3, 0.4) is 0 Å². The maximum absolute atomic E-state index is 13.2. The highest BCUT2D eigenvalue weighted by atomic mass is 19.4. The Morgan fingerprint density at radius 1 is 1.18 bits per heavy atom. The van der Waals surface area contributed by atoms with Crippen molar-refractivity contribution in [1.29, 1.82) is 0 Å². The van der Waals surface area contributed by atoms with E-state index in [0.29, 0.717) is 4.52 Å². The fourth-order valence-electron chi connectivity index (χ4n) is 1.93. The fourth-order valence-corrected chi connectivity index (χ4v) is 1.93. The standard InChI is InChI=1S/C13H7F3N4O2/c14-13(15,16)10-5-8(7-3-1-2-4-17-7)18-11-6-9(12(21)22)19-20(10)11/h1-6H,(H,21,22). The molecule has 0 atom stereocenters. The zero-order valence-corrected chi connectivity index (χ0v) is 10.7. The lowest BCUT2D eigenvalue weighted by atomic mass is 10.2. The summed E-state index contributed by atoms with van der Waals surface area (Å²) in [5, 5.41) is 12.3. The molecule has 0 bridgehead atoms. The molecule has 0 aliphatic carbocycles. The topological polar surface area (TPSA) is 80.4 Å². The molecule has 22 heavy (non-hydrogen) atoms. The first kappa shape index (κ1) is 14.0. The van der Waals surface area contributed by atoms with Crippen molar-refractivity contribution in [2.75, 3.05) is 0 Å². The second-order valence-corrected chi connectivity index (χ2v) is 4.34. The molecular formula is C13H7F3N4O2. The Morgan fingerprint density at radius 3 is 2.55 bits per heavy atom. The summed E-state index contributed by atoms with van der Waals surface area (Å²) < 4.78 is 40.0. The van der Waals surface area contributed by atoms with Gasteiger partial charge in [-0.3, -0.25) is 4.98 Å². The van der Waals surface area contributed by atoms with Crippen molar-refractivity contribution in [3.8, 4) is 11.4 Å². The Morgan fingerprint density at radius 2 is 1.95 bits per heavy atom. The minimum Gasteiger partial charge on any atom is -0.476 e. The number of rotatable bonds is 2. The number of pyridine rings is 1. The zero-order valence-electron chi connectivity index (χ0n) is 10.7. The van der Waals surface area contributed by atoms with E-state index in [9.17, 15) is 18.0 Å². The minimum absolute atomic E-state index is 0.0164. The lowest BCUT2D eigenvalue weighted by molar-refractivity contribution is -0.142. The van der Waals surface area contributed by atoms with E-state index in [1.165, 1.54) is 12.3 Å². The number of carbonyl (C=O) groups is 1. The number of alkyl halides is 3. The average Bonchev–Trinajstić information content (AvgIpc) is 2.90. The van der Waals surface area contributed by atoms with Crippen molar-refractivity contribution in [3.63, 3.8) is 0 Å². The van der Waals surface area contributed by atoms with E-state index in [1.54, 1.807) is 12.1 Å². The van der Waals surface area contributed by atoms with Crippen LogP contribution in [0.15, 0.2) is 36.5 Å². The van der Waals surface area contributed by atoms with Gasteiger partial charge in [0.1, 0.15) is 0 Å². The molecule has 3 heterocycles. The highest BCUT2D eigenvalue weighted by molar-refractivity contribution is 5.86. The molecule has 0 aliphatic heterocycles. The van der Waals surface area contributed by atoms with Crippen LogP contribution in [0, 0.1) is 0 Å². The first-order valence-corrected chi connectivity index (χ1v) is 5.99. The summed E-state index contributed by atoms with van der Waals surface area (Å²) in [4.78, 5) is 18.8. The summed E-state index contributed by atoms with van der Waals surface area (Å²) in [6.07, 6.45) is -3.29. The summed E-state index contributed by atoms with van der Waals surface area (Å²) in [6.45, 7) is 0. The van der Waals surface area contributed by atoms with E-state index in [-0.39, 0.29) is 17.0 Å². The third-order valence-corrected chi connectivity index (χ3v) is 2.86. The molecule has 0 saturated carbocycles. The number of hydrogen-bond acceptors (Lipinski definition) is 4. The summed E-state index contributed by atoms with van der Waals surface area (Å²) in [5.41, 5.74) is -1.62. The molecule has 9 heteroatoms. The van der Waals surface area contributed by atoms with Gasteiger partial charge in [0.2, 0.25) is 0 Å². The van der Waals surface area contributed by atoms with E-state index in [4.69, 9.17) is 5.11 Å². The number of carboxylic acid groups (broad SMARTS) is 1. The van der Waals surface area contributed by atoms with Gasteiger partial charge in [-0.2, -0.15) is 18.3 Å². The molecule has 0 amide bonds. The van der Waals surface area contributed by atoms with Crippen molar-refractivity contribution in [2.24, 2.45) is 0 Å². The van der Waals surface area contributed by atoms with Gasteiger partial charge in [0, 0.05) is 12.3 Å². The van der Waals surface area contributed by atoms with Gasteiger partial charge in [0.15, 0.2) is 17.0 Å². The van der Waals surface area contributed by atoms with Crippen LogP contribution in [0.2, 0.25) is 0 Å². The van der Waals surface area contributed by atoms with Gasteiger partial charge in [0.05, 0.1) is 11.4 Å². The number of nitrogens with zero attached hydrogens (tertiary/aromatic N) is 4. The van der Waals surface area contributed by atoms with E-state index in [1.807, 2.05) is 0 Å². The average molecular weight is 308 g/mol. The first-order chi connectivity index (χ1) is 10.4. The normalized spacial score (nSPS) is 11.8. The van der Waals surface area contributed by atoms with Gasteiger partial charge in [-0.25, -0.2) is 14.3 Å². The first-order valence-electron chi connectivity index (χ1n) is 5.99. The Bertz CT molecular complexity index is 859. The SMILES string of the molecule is O=C(O)c1cc2nc(-c3ccccn3)cc(C(F)(F)F)n2n1. The predicted octanol–water partition coefficient (Wildman–Crippen LogP) is 2.51. The second-order valence-electron chi connectivity index (χ2n) is 4.34. The van der Waals surface area contributed by atoms with E-state index < -0.39 is 23.5 Å². The zero-order chi connectivity index (χ0) is 15.9. The Labute approximate surface area is 120 Å². The Hall–Kier alpha value is -2.97. The van der Waals surface area contributed by atoms with Gasteiger partial charge in [-0.05, 0) is 18.2 Å². The molecule has 0 aliphatic rings. The summed E-state index contributed by atoms with van der Waals surface area (Å²) in [7, 11) is 0. The van der Waals surface area contributed by atoms with Crippen LogP contribution in [0.4, 0.5) is 13.2 Å². The van der Waals surface area contributed by atoms with Gasteiger partial charge >= 0.3 is 12.1 Å². The molecular weight excluding hydrogens is 301 g/mol. The van der Waals surface area contributed by atoms with E-state index in [2.05, 4.69) is 15.1 Å². The molecule has 3 aromatic rings. The van der Waals surface area contributed by atoms with Crippen LogP contribution in [0.5, 0.6) is 0 Å². The van der Waals surface area contributed by atoms with Crippen molar-refractivity contribution in [2.45, 2.75) is 6.18 Å². The fraction of sp³-hybridized carbons (Fsp3) is 0.0769. The summed E-state index contributed by atoms with van der Waals surface area (Å²) in [6, 6.07) is 6.50. The number of aromatic nitrogens is 4. The lowest BCUT2D eigenvalue weighted by Crippen LogP contribution is -2.14. The molecule has 0 radical (unpaired) electrons. The maximum Gasteiger partial charge on any atom is 0.433 e. The molecule has 112 valence electrons. The van der Waals surface area contributed by atoms with Gasteiger partial charge < -0.3 is 5.11 Å². The number of fused-ring (bicyclic) bond motifs is 1. The van der Waals surface area contributed by atoms with Crippen LogP contribution in [0.1, 0.15) is 16.2 Å². The molecule has 0 aromatic carbocycles. The number of carboxylic acids is 1. The van der Waals surface area contributed by atoms with Crippen molar-refractivity contribution in [3.05, 3.63) is 47.9 Å². The molecule has 3 aromatic heterocycles. The molecule has 3 rings (SSSR count). The van der Waals surface area contributed by atoms with Crippen molar-refractivity contribution < 1.29 is 23.1 Å². The third-order valence-electron chi connectivity index (χ3n) is 2.86. The van der Waals surface area contributed by atoms with E-state index >= 15 is 0 Å². The maximum atomic E-state index is 13.2. The van der Waals surface area contributed by atoms with Gasteiger partial charge in [-0.1, -0.05) is 6.07 Å². The number of halogens is 3. The molecule has 0 spiro atoms. The summed E-state index contributed by atoms with van der Waals surface area (Å²) in [5.74, 6) is -1.43. The molecule has 1 N–H and O–H groups in total.